The van der Waals surface area contributed by atoms with E-state index in [0.29, 0.717) is 18.6 Å². The van der Waals surface area contributed by atoms with Gasteiger partial charge in [0.25, 0.3) is 5.91 Å². The highest BCUT2D eigenvalue weighted by atomic mass is 19.1. The molecule has 0 aromatic heterocycles. The molecule has 6 nitrogen and oxygen atoms in total. The average Bonchev–Trinajstić information content (AvgIpc) is 2.42. The number of hydrogen-bond donors (Lipinski definition) is 1. The van der Waals surface area contributed by atoms with Crippen molar-refractivity contribution in [3.63, 3.8) is 0 Å². The first-order valence-corrected chi connectivity index (χ1v) is 6.46. The summed E-state index contributed by atoms with van der Waals surface area (Å²) in [5, 5.41) is 19.6. The highest BCUT2D eigenvalue weighted by molar-refractivity contribution is 5.95. The second-order valence-electron chi connectivity index (χ2n) is 4.38. The van der Waals surface area contributed by atoms with Crippen molar-refractivity contribution in [3.8, 4) is 0 Å². The van der Waals surface area contributed by atoms with Crippen LogP contribution < -0.4 is 0 Å². The second-order valence-corrected chi connectivity index (χ2v) is 4.38. The summed E-state index contributed by atoms with van der Waals surface area (Å²) in [6.45, 7) is 1.61. The normalized spacial score (nSPS) is 10.5. The van der Waals surface area contributed by atoms with E-state index in [1.165, 1.54) is 0 Å². The van der Waals surface area contributed by atoms with Crippen LogP contribution in [0.15, 0.2) is 12.1 Å². The van der Waals surface area contributed by atoms with Crippen LogP contribution in [0.2, 0.25) is 0 Å². The van der Waals surface area contributed by atoms with Gasteiger partial charge < -0.3 is 10.0 Å². The molecule has 0 saturated carbocycles. The molecular weight excluding hydrogens is 286 g/mol. The number of amides is 1. The predicted octanol–water partition coefficient (Wildman–Crippen LogP) is 2.11. The molecule has 1 amide bonds. The topological polar surface area (TPSA) is 83.7 Å². The first-order valence-electron chi connectivity index (χ1n) is 6.46. The van der Waals surface area contributed by atoms with Gasteiger partial charge in [-0.3, -0.25) is 14.9 Å². The van der Waals surface area contributed by atoms with Crippen LogP contribution in [0.4, 0.5) is 14.5 Å². The van der Waals surface area contributed by atoms with Crippen LogP contribution >= 0.6 is 0 Å². The van der Waals surface area contributed by atoms with E-state index >= 15 is 0 Å². The number of aliphatic hydroxyl groups excluding tert-OH is 1. The summed E-state index contributed by atoms with van der Waals surface area (Å²) >= 11 is 0. The van der Waals surface area contributed by atoms with Crippen molar-refractivity contribution < 1.29 is 23.6 Å². The number of halogens is 2. The summed E-state index contributed by atoms with van der Waals surface area (Å²) in [6.07, 6.45) is 1.33. The molecule has 1 rings (SSSR count). The van der Waals surface area contributed by atoms with E-state index < -0.39 is 33.7 Å². The highest BCUT2D eigenvalue weighted by Crippen LogP contribution is 2.24. The van der Waals surface area contributed by atoms with E-state index in [1.54, 1.807) is 0 Å². The molecule has 0 atom stereocenters. The number of carbonyl (C=O) groups is 1. The van der Waals surface area contributed by atoms with Gasteiger partial charge in [-0.15, -0.1) is 0 Å². The number of rotatable bonds is 7. The van der Waals surface area contributed by atoms with Crippen LogP contribution in [0, 0.1) is 21.7 Å². The molecular formula is C13H16F2N2O4. The smallest absolute Gasteiger partial charge is 0.305 e. The largest absolute Gasteiger partial charge is 0.395 e. The minimum absolute atomic E-state index is 0.0968. The molecule has 0 aliphatic heterocycles. The lowest BCUT2D eigenvalue weighted by molar-refractivity contribution is -0.387. The van der Waals surface area contributed by atoms with Gasteiger partial charge in [-0.05, 0) is 12.5 Å². The van der Waals surface area contributed by atoms with Gasteiger partial charge in [0.2, 0.25) is 5.82 Å². The van der Waals surface area contributed by atoms with Gasteiger partial charge in [-0.2, -0.15) is 4.39 Å². The van der Waals surface area contributed by atoms with Crippen LogP contribution in [0.5, 0.6) is 0 Å². The van der Waals surface area contributed by atoms with Crippen molar-refractivity contribution in [2.45, 2.75) is 19.8 Å². The zero-order valence-corrected chi connectivity index (χ0v) is 11.5. The number of benzene rings is 1. The fourth-order valence-electron chi connectivity index (χ4n) is 1.82. The molecule has 0 fully saturated rings. The van der Waals surface area contributed by atoms with Crippen LogP contribution in [-0.4, -0.2) is 40.5 Å². The van der Waals surface area contributed by atoms with Gasteiger partial charge in [-0.1, -0.05) is 13.3 Å². The molecule has 0 saturated heterocycles. The molecule has 0 heterocycles. The molecule has 0 spiro atoms. The Bertz CT molecular complexity index is 537. The van der Waals surface area contributed by atoms with Gasteiger partial charge in [-0.25, -0.2) is 4.39 Å². The number of nitro benzene ring substituents is 1. The minimum Gasteiger partial charge on any atom is -0.395 e. The van der Waals surface area contributed by atoms with E-state index in [-0.39, 0.29) is 19.7 Å². The number of hydrogen-bond acceptors (Lipinski definition) is 4. The van der Waals surface area contributed by atoms with Crippen molar-refractivity contribution >= 4 is 11.6 Å². The molecule has 0 unspecified atom stereocenters. The summed E-state index contributed by atoms with van der Waals surface area (Å²) < 4.78 is 27.7. The number of aliphatic hydroxyl groups is 1. The number of nitro groups is 1. The lowest BCUT2D eigenvalue weighted by Crippen LogP contribution is -2.35. The first-order chi connectivity index (χ1) is 9.93. The second kappa shape index (κ2) is 7.63. The van der Waals surface area contributed by atoms with Crippen molar-refractivity contribution in [2.75, 3.05) is 19.7 Å². The molecule has 0 aliphatic rings. The molecule has 1 aromatic rings. The Labute approximate surface area is 120 Å². The Morgan fingerprint density at radius 1 is 1.38 bits per heavy atom. The standard InChI is InChI=1S/C13H16F2N2O4/c1-2-3-6-16(7-8-18)13(19)11-9(14)4-5-10(12(11)15)17(20)21/h4-5,18H,2-3,6-8H2,1H3. The average molecular weight is 302 g/mol. The van der Waals surface area contributed by atoms with Crippen LogP contribution in [-0.2, 0) is 0 Å². The van der Waals surface area contributed by atoms with Crippen molar-refractivity contribution in [2.24, 2.45) is 0 Å². The Morgan fingerprint density at radius 3 is 2.57 bits per heavy atom. The lowest BCUT2D eigenvalue weighted by Gasteiger charge is -2.22. The van der Waals surface area contributed by atoms with Crippen LogP contribution in [0.1, 0.15) is 30.1 Å². The Morgan fingerprint density at radius 2 is 2.05 bits per heavy atom. The molecule has 0 bridgehead atoms. The Kier molecular flexibility index (Phi) is 6.16. The zero-order chi connectivity index (χ0) is 16.0. The highest BCUT2D eigenvalue weighted by Gasteiger charge is 2.28. The Balaban J connectivity index is 3.20. The molecule has 0 aliphatic carbocycles. The molecule has 1 aromatic carbocycles. The van der Waals surface area contributed by atoms with Crippen molar-refractivity contribution in [1.29, 1.82) is 0 Å². The summed E-state index contributed by atoms with van der Waals surface area (Å²) in [4.78, 5) is 22.9. The summed E-state index contributed by atoms with van der Waals surface area (Å²) in [5.41, 5.74) is -1.92. The van der Waals surface area contributed by atoms with Crippen LogP contribution in [0.25, 0.3) is 0 Å². The maximum atomic E-state index is 14.0. The minimum atomic E-state index is -1.50. The summed E-state index contributed by atoms with van der Waals surface area (Å²) in [7, 11) is 0. The Hall–Kier alpha value is -2.09. The van der Waals surface area contributed by atoms with E-state index in [1.807, 2.05) is 6.92 Å². The van der Waals surface area contributed by atoms with Gasteiger partial charge >= 0.3 is 5.69 Å². The molecule has 116 valence electrons. The monoisotopic (exact) mass is 302 g/mol. The third-order valence-corrected chi connectivity index (χ3v) is 2.92. The zero-order valence-electron chi connectivity index (χ0n) is 11.5. The molecule has 8 heteroatoms. The van der Waals surface area contributed by atoms with E-state index in [4.69, 9.17) is 5.11 Å². The first kappa shape index (κ1) is 17.0. The quantitative estimate of drug-likeness (QED) is 0.617. The van der Waals surface area contributed by atoms with Gasteiger partial charge in [0.1, 0.15) is 11.4 Å². The SMILES string of the molecule is CCCCN(CCO)C(=O)c1c(F)ccc([N+](=O)[O-])c1F. The third-order valence-electron chi connectivity index (χ3n) is 2.92. The number of carbonyl (C=O) groups excluding carboxylic acids is 1. The third kappa shape index (κ3) is 3.94. The maximum absolute atomic E-state index is 14.0. The maximum Gasteiger partial charge on any atom is 0.305 e. The fourth-order valence-corrected chi connectivity index (χ4v) is 1.82. The number of nitrogens with zero attached hydrogens (tertiary/aromatic N) is 2. The number of unbranched alkanes of at least 4 members (excludes halogenated alkanes) is 1. The van der Waals surface area contributed by atoms with Crippen molar-refractivity contribution in [1.82, 2.24) is 4.90 Å². The van der Waals surface area contributed by atoms with E-state index in [9.17, 15) is 23.7 Å². The van der Waals surface area contributed by atoms with E-state index in [0.717, 1.165) is 11.3 Å². The van der Waals surface area contributed by atoms with Gasteiger partial charge in [0.05, 0.1) is 11.5 Å². The molecule has 21 heavy (non-hydrogen) atoms. The van der Waals surface area contributed by atoms with Gasteiger partial charge in [0, 0.05) is 19.2 Å². The van der Waals surface area contributed by atoms with Gasteiger partial charge in [0.15, 0.2) is 0 Å². The molecule has 1 N–H and O–H groups in total. The van der Waals surface area contributed by atoms with Crippen molar-refractivity contribution in [3.05, 3.63) is 39.4 Å². The predicted molar refractivity (Wildman–Crippen MR) is 70.9 cm³/mol. The molecule has 0 radical (unpaired) electrons. The lowest BCUT2D eigenvalue weighted by atomic mass is 10.1. The van der Waals surface area contributed by atoms with E-state index in [2.05, 4.69) is 0 Å². The fraction of sp³-hybridized carbons (Fsp3) is 0.462. The van der Waals surface area contributed by atoms with Crippen LogP contribution in [0.3, 0.4) is 0 Å². The summed E-state index contributed by atoms with van der Waals surface area (Å²) in [5.74, 6) is -3.66. The summed E-state index contributed by atoms with van der Waals surface area (Å²) in [6, 6.07) is 1.36.